The van der Waals surface area contributed by atoms with Gasteiger partial charge in [-0.25, -0.2) is 0 Å². The average molecular weight is 342 g/mol. The van der Waals surface area contributed by atoms with Crippen molar-refractivity contribution >= 4 is 39.1 Å². The van der Waals surface area contributed by atoms with Crippen molar-refractivity contribution in [3.63, 3.8) is 0 Å². The van der Waals surface area contributed by atoms with Gasteiger partial charge in [0, 0.05) is 22.4 Å². The van der Waals surface area contributed by atoms with Crippen molar-refractivity contribution in [1.82, 2.24) is 4.98 Å². The minimum Gasteiger partial charge on any atom is -0.364 e. The summed E-state index contributed by atoms with van der Waals surface area (Å²) in [5, 5.41) is 3.01. The third kappa shape index (κ3) is 3.24. The molecule has 1 heterocycles. The normalized spacial score (nSPS) is 10.3. The summed E-state index contributed by atoms with van der Waals surface area (Å²) in [6, 6.07) is 6.46. The van der Waals surface area contributed by atoms with E-state index in [1.54, 1.807) is 25.1 Å². The minimum atomic E-state index is -0.499. The lowest BCUT2D eigenvalue weighted by atomic mass is 10.2. The first-order valence-electron chi connectivity index (χ1n) is 5.43. The van der Waals surface area contributed by atoms with E-state index in [0.717, 1.165) is 4.47 Å². The van der Waals surface area contributed by atoms with E-state index in [1.807, 2.05) is 0 Å². The molecule has 0 bridgehead atoms. The third-order valence-corrected chi connectivity index (χ3v) is 3.30. The van der Waals surface area contributed by atoms with Gasteiger partial charge in [0.2, 0.25) is 0 Å². The smallest absolute Gasteiger partial charge is 0.261 e. The van der Waals surface area contributed by atoms with E-state index in [-0.39, 0.29) is 11.0 Å². The molecule has 4 nitrogen and oxygen atoms in total. The summed E-state index contributed by atoms with van der Waals surface area (Å²) in [6.07, 6.45) is 1.39. The molecule has 0 saturated heterocycles. The number of amides is 1. The monoisotopic (exact) mass is 340 g/mol. The van der Waals surface area contributed by atoms with Crippen LogP contribution in [0.5, 0.6) is 0 Å². The van der Waals surface area contributed by atoms with Crippen molar-refractivity contribution < 1.29 is 4.79 Å². The fourth-order valence-corrected chi connectivity index (χ4v) is 2.06. The van der Waals surface area contributed by atoms with E-state index in [9.17, 15) is 9.59 Å². The molecule has 0 unspecified atom stereocenters. The summed E-state index contributed by atoms with van der Waals surface area (Å²) in [7, 11) is 0. The zero-order valence-corrected chi connectivity index (χ0v) is 12.3. The predicted molar refractivity (Wildman–Crippen MR) is 78.9 cm³/mol. The Hall–Kier alpha value is -1.59. The Morgan fingerprint density at radius 1 is 1.37 bits per heavy atom. The molecular formula is C13H10BrClN2O2. The number of benzene rings is 1. The van der Waals surface area contributed by atoms with Gasteiger partial charge in [0.25, 0.3) is 5.91 Å². The molecule has 2 N–H and O–H groups in total. The largest absolute Gasteiger partial charge is 0.364 e. The van der Waals surface area contributed by atoms with E-state index in [2.05, 4.69) is 26.2 Å². The molecule has 0 atom stereocenters. The number of aryl methyl sites for hydroxylation is 1. The molecule has 1 aromatic heterocycles. The number of carbonyl (C=O) groups is 1. The van der Waals surface area contributed by atoms with Gasteiger partial charge < -0.3 is 10.3 Å². The van der Waals surface area contributed by atoms with Crippen LogP contribution in [0.15, 0.2) is 39.7 Å². The predicted octanol–water partition coefficient (Wildman–Crippen LogP) is 3.35. The van der Waals surface area contributed by atoms with Crippen molar-refractivity contribution in [2.45, 2.75) is 6.92 Å². The molecule has 2 aromatic rings. The van der Waals surface area contributed by atoms with Crippen molar-refractivity contribution in [2.75, 3.05) is 5.32 Å². The highest BCUT2D eigenvalue weighted by molar-refractivity contribution is 9.10. The third-order valence-electron chi connectivity index (χ3n) is 2.48. The number of halogens is 2. The molecule has 0 aliphatic rings. The number of nitrogens with one attached hydrogen (secondary N) is 2. The van der Waals surface area contributed by atoms with E-state index in [0.29, 0.717) is 16.4 Å². The first kappa shape index (κ1) is 13.8. The number of hydrogen-bond donors (Lipinski definition) is 2. The molecule has 1 amide bonds. The molecular weight excluding hydrogens is 332 g/mol. The SMILES string of the molecule is Cc1cc(=O)c(C(=O)Nc2cc(Br)ccc2Cl)c[nH]1. The molecule has 0 radical (unpaired) electrons. The molecule has 2 rings (SSSR count). The Balaban J connectivity index is 2.31. The lowest BCUT2D eigenvalue weighted by molar-refractivity contribution is 0.102. The van der Waals surface area contributed by atoms with Crippen molar-refractivity contribution in [3.8, 4) is 0 Å². The number of H-pyrrole nitrogens is 1. The van der Waals surface area contributed by atoms with E-state index < -0.39 is 5.91 Å². The lowest BCUT2D eigenvalue weighted by Crippen LogP contribution is -2.21. The summed E-state index contributed by atoms with van der Waals surface area (Å²) in [6.45, 7) is 1.74. The maximum Gasteiger partial charge on any atom is 0.261 e. The average Bonchev–Trinajstić information content (AvgIpc) is 2.33. The van der Waals surface area contributed by atoms with Gasteiger partial charge in [-0.1, -0.05) is 27.5 Å². The summed E-state index contributed by atoms with van der Waals surface area (Å²) in [5.41, 5.74) is 0.851. The van der Waals surface area contributed by atoms with Gasteiger partial charge in [0.15, 0.2) is 5.43 Å². The van der Waals surface area contributed by atoms with E-state index in [1.165, 1.54) is 12.3 Å². The second-order valence-electron chi connectivity index (χ2n) is 3.97. The standard InChI is InChI=1S/C13H10BrClN2O2/c1-7-4-12(18)9(6-16-7)13(19)17-11-5-8(14)2-3-10(11)15/h2-6H,1H3,(H,16,18)(H,17,19). The summed E-state index contributed by atoms with van der Waals surface area (Å²) >= 11 is 9.26. The highest BCUT2D eigenvalue weighted by Gasteiger charge is 2.12. The molecule has 6 heteroatoms. The molecule has 0 saturated carbocycles. The van der Waals surface area contributed by atoms with Gasteiger partial charge in [0.1, 0.15) is 5.56 Å². The van der Waals surface area contributed by atoms with Crippen LogP contribution in [0.3, 0.4) is 0 Å². The first-order chi connectivity index (χ1) is 8.97. The van der Waals surface area contributed by atoms with Crippen LogP contribution in [0.1, 0.15) is 16.1 Å². The number of pyridine rings is 1. The molecule has 0 aliphatic heterocycles. The Bertz CT molecular complexity index is 697. The quantitative estimate of drug-likeness (QED) is 0.880. The second kappa shape index (κ2) is 5.59. The van der Waals surface area contributed by atoms with Gasteiger partial charge in [-0.05, 0) is 25.1 Å². The van der Waals surface area contributed by atoms with Crippen LogP contribution in [0.2, 0.25) is 5.02 Å². The summed E-state index contributed by atoms with van der Waals surface area (Å²) < 4.78 is 0.782. The number of rotatable bonds is 2. The van der Waals surface area contributed by atoms with Gasteiger partial charge in [-0.2, -0.15) is 0 Å². The number of anilines is 1. The van der Waals surface area contributed by atoms with Gasteiger partial charge in [-0.15, -0.1) is 0 Å². The molecule has 0 aliphatic carbocycles. The van der Waals surface area contributed by atoms with Gasteiger partial charge in [-0.3, -0.25) is 9.59 Å². The fraction of sp³-hybridized carbons (Fsp3) is 0.0769. The van der Waals surface area contributed by atoms with Crippen molar-refractivity contribution in [1.29, 1.82) is 0 Å². The number of hydrogen-bond acceptors (Lipinski definition) is 2. The maximum atomic E-state index is 12.0. The Morgan fingerprint density at radius 3 is 2.79 bits per heavy atom. The maximum absolute atomic E-state index is 12.0. The van der Waals surface area contributed by atoms with Crippen LogP contribution in [0.25, 0.3) is 0 Å². The highest BCUT2D eigenvalue weighted by atomic mass is 79.9. The van der Waals surface area contributed by atoms with Crippen LogP contribution < -0.4 is 10.7 Å². The van der Waals surface area contributed by atoms with Crippen LogP contribution in [-0.4, -0.2) is 10.9 Å². The summed E-state index contributed by atoms with van der Waals surface area (Å²) in [4.78, 5) is 26.5. The van der Waals surface area contributed by atoms with Crippen LogP contribution in [0, 0.1) is 6.92 Å². The van der Waals surface area contributed by atoms with Crippen LogP contribution in [0.4, 0.5) is 5.69 Å². The second-order valence-corrected chi connectivity index (χ2v) is 5.30. The van der Waals surface area contributed by atoms with E-state index >= 15 is 0 Å². The number of carbonyl (C=O) groups excluding carboxylic acids is 1. The zero-order chi connectivity index (χ0) is 14.0. The summed E-state index contributed by atoms with van der Waals surface area (Å²) in [5.74, 6) is -0.499. The van der Waals surface area contributed by atoms with Gasteiger partial charge >= 0.3 is 0 Å². The Labute approximate surface area is 122 Å². The number of aromatic amines is 1. The molecule has 0 fully saturated rings. The zero-order valence-electron chi connectivity index (χ0n) is 9.96. The van der Waals surface area contributed by atoms with E-state index in [4.69, 9.17) is 11.6 Å². The minimum absolute atomic E-state index is 0.0432. The first-order valence-corrected chi connectivity index (χ1v) is 6.60. The van der Waals surface area contributed by atoms with Crippen molar-refractivity contribution in [3.05, 3.63) is 61.4 Å². The molecule has 0 spiro atoms. The molecule has 19 heavy (non-hydrogen) atoms. The van der Waals surface area contributed by atoms with Gasteiger partial charge in [0.05, 0.1) is 10.7 Å². The van der Waals surface area contributed by atoms with Crippen LogP contribution in [-0.2, 0) is 0 Å². The van der Waals surface area contributed by atoms with Crippen molar-refractivity contribution in [2.24, 2.45) is 0 Å². The lowest BCUT2D eigenvalue weighted by Gasteiger charge is -2.07. The molecule has 1 aromatic carbocycles. The highest BCUT2D eigenvalue weighted by Crippen LogP contribution is 2.25. The molecule has 98 valence electrons. The van der Waals surface area contributed by atoms with Crippen LogP contribution >= 0.6 is 27.5 Å². The Kier molecular flexibility index (Phi) is 4.07. The fourth-order valence-electron chi connectivity index (χ4n) is 1.53. The number of aromatic nitrogens is 1. The topological polar surface area (TPSA) is 62.0 Å². The Morgan fingerprint density at radius 2 is 2.11 bits per heavy atom.